The lowest BCUT2D eigenvalue weighted by molar-refractivity contribution is 0.00578. The molecule has 3 saturated heterocycles. The van der Waals surface area contributed by atoms with E-state index in [2.05, 4.69) is 15.9 Å². The van der Waals surface area contributed by atoms with Crippen molar-refractivity contribution in [1.29, 1.82) is 0 Å². The molecular formula is C34H54B3BrO12S2. The molecule has 0 aliphatic carbocycles. The summed E-state index contributed by atoms with van der Waals surface area (Å²) in [6.07, 6.45) is 2.34. The standard InChI is InChI=1S/C14H21BO5S.C12H24B2O4.C8H9BrO3S/c1-13(2)14(3,4)20-15(19-13)11-9-10(21(6,16)17)7-8-12(11)18-5;1-9(2)10(3,4)16-13(15-9)14-17-11(5,6)12(7,8)18-14;1-12-8-4-3-6(5-7(8)9)13(2,10)11/h7-9H,1-6H3;1-8H3;3-5H,1-2H3. The van der Waals surface area contributed by atoms with Gasteiger partial charge in [-0.1, -0.05) is 0 Å². The first kappa shape index (κ1) is 44.8. The molecule has 52 heavy (non-hydrogen) atoms. The maximum absolute atomic E-state index is 11.7. The molecule has 0 unspecified atom stereocenters. The molecule has 0 radical (unpaired) electrons. The summed E-state index contributed by atoms with van der Waals surface area (Å²) in [6.45, 7) is 24.0. The summed E-state index contributed by atoms with van der Waals surface area (Å²) < 4.78 is 92.4. The van der Waals surface area contributed by atoms with Gasteiger partial charge in [-0.3, -0.25) is 0 Å². The maximum atomic E-state index is 11.7. The molecule has 3 aliphatic rings. The average Bonchev–Trinajstić information content (AvgIpc) is 3.45. The highest BCUT2D eigenvalue weighted by molar-refractivity contribution is 9.10. The van der Waals surface area contributed by atoms with E-state index < -0.39 is 52.0 Å². The van der Waals surface area contributed by atoms with Crippen molar-refractivity contribution < 1.29 is 54.2 Å². The second kappa shape index (κ2) is 15.1. The van der Waals surface area contributed by atoms with Gasteiger partial charge in [-0.05, 0) is 135 Å². The van der Waals surface area contributed by atoms with Gasteiger partial charge in [0.05, 0.1) is 62.1 Å². The Bertz CT molecular complexity index is 1750. The van der Waals surface area contributed by atoms with Crippen LogP contribution in [0.2, 0.25) is 0 Å². The number of benzene rings is 2. The predicted molar refractivity (Wildman–Crippen MR) is 208 cm³/mol. The van der Waals surface area contributed by atoms with Gasteiger partial charge in [0.2, 0.25) is 0 Å². The molecule has 0 N–H and O–H groups in total. The minimum atomic E-state index is -3.30. The van der Waals surface area contributed by atoms with Crippen LogP contribution in [0, 0.1) is 0 Å². The third-order valence-corrected chi connectivity index (χ3v) is 13.3. The third-order valence-electron chi connectivity index (χ3n) is 10.5. The highest BCUT2D eigenvalue weighted by Gasteiger charge is 2.63. The first-order chi connectivity index (χ1) is 23.3. The Balaban J connectivity index is 0.000000216. The Morgan fingerprint density at radius 3 is 1.13 bits per heavy atom. The Kier molecular flexibility index (Phi) is 13.0. The molecule has 3 aliphatic heterocycles. The molecule has 0 amide bonds. The van der Waals surface area contributed by atoms with Crippen molar-refractivity contribution >= 4 is 62.2 Å². The molecule has 3 heterocycles. The molecule has 0 aromatic heterocycles. The number of methoxy groups -OCH3 is 2. The molecule has 18 heteroatoms. The van der Waals surface area contributed by atoms with Gasteiger partial charge in [0, 0.05) is 18.0 Å². The van der Waals surface area contributed by atoms with Crippen molar-refractivity contribution in [3.63, 3.8) is 0 Å². The first-order valence-corrected chi connectivity index (χ1v) is 21.4. The second-order valence-electron chi connectivity index (χ2n) is 16.1. The van der Waals surface area contributed by atoms with Gasteiger partial charge < -0.3 is 37.4 Å². The van der Waals surface area contributed by atoms with Crippen LogP contribution < -0.4 is 14.9 Å². The van der Waals surface area contributed by atoms with Crippen molar-refractivity contribution in [2.45, 2.75) is 126 Å². The van der Waals surface area contributed by atoms with Gasteiger partial charge in [0.15, 0.2) is 19.7 Å². The van der Waals surface area contributed by atoms with Crippen molar-refractivity contribution in [1.82, 2.24) is 0 Å². The molecule has 3 fully saturated rings. The smallest absolute Gasteiger partial charge is 0.497 e. The van der Waals surface area contributed by atoms with Crippen LogP contribution in [-0.2, 0) is 47.6 Å². The summed E-state index contributed by atoms with van der Waals surface area (Å²) >= 11 is 3.21. The largest absolute Gasteiger partial charge is 0.498 e. The van der Waals surface area contributed by atoms with E-state index in [1.54, 1.807) is 18.2 Å². The Morgan fingerprint density at radius 2 is 0.827 bits per heavy atom. The van der Waals surface area contributed by atoms with Gasteiger partial charge >= 0.3 is 21.1 Å². The van der Waals surface area contributed by atoms with E-state index in [1.165, 1.54) is 44.9 Å². The monoisotopic (exact) mass is 830 g/mol. The molecule has 0 bridgehead atoms. The van der Waals surface area contributed by atoms with Crippen LogP contribution in [-0.4, -0.2) is 98.3 Å². The molecule has 12 nitrogen and oxygen atoms in total. The van der Waals surface area contributed by atoms with E-state index in [4.69, 9.17) is 37.4 Å². The van der Waals surface area contributed by atoms with Gasteiger partial charge in [0.25, 0.3) is 0 Å². The second-order valence-corrected chi connectivity index (χ2v) is 21.0. The number of ether oxygens (including phenoxy) is 2. The molecule has 0 atom stereocenters. The van der Waals surface area contributed by atoms with Gasteiger partial charge in [-0.15, -0.1) is 0 Å². The third kappa shape index (κ3) is 9.78. The molecule has 290 valence electrons. The SMILES string of the molecule is CC1(C)OB(B2OC(C)(C)C(C)(C)O2)OC1(C)C.COc1ccc(S(C)(=O)=O)cc1B1OC(C)(C)C(C)(C)O1.COc1ccc(S(C)(=O)=O)cc1Br. The number of rotatable bonds is 6. The van der Waals surface area contributed by atoms with E-state index in [9.17, 15) is 16.8 Å². The van der Waals surface area contributed by atoms with E-state index >= 15 is 0 Å². The van der Waals surface area contributed by atoms with Crippen LogP contribution in [0.4, 0.5) is 0 Å². The van der Waals surface area contributed by atoms with Crippen LogP contribution in [0.3, 0.4) is 0 Å². The van der Waals surface area contributed by atoms with Gasteiger partial charge in [0.1, 0.15) is 11.5 Å². The number of sulfone groups is 2. The van der Waals surface area contributed by atoms with E-state index in [-0.39, 0.29) is 32.2 Å². The van der Waals surface area contributed by atoms with E-state index in [1.807, 2.05) is 83.1 Å². The molecular weight excluding hydrogens is 777 g/mol. The summed E-state index contributed by atoms with van der Waals surface area (Å²) in [5.74, 6) is 1.16. The fourth-order valence-corrected chi connectivity index (χ4v) is 6.97. The highest BCUT2D eigenvalue weighted by Crippen LogP contribution is 2.43. The number of halogens is 1. The normalized spacial score (nSPS) is 22.2. The summed E-state index contributed by atoms with van der Waals surface area (Å²) in [5.41, 5.74) is -1.85. The van der Waals surface area contributed by atoms with E-state index in [0.29, 0.717) is 21.4 Å². The molecule has 2 aromatic carbocycles. The quantitative estimate of drug-likeness (QED) is 0.339. The fourth-order valence-electron chi connectivity index (χ4n) is 4.97. The van der Waals surface area contributed by atoms with Gasteiger partial charge in [-0.2, -0.15) is 0 Å². The zero-order valence-electron chi connectivity index (χ0n) is 33.3. The lowest BCUT2D eigenvalue weighted by Gasteiger charge is -2.32. The lowest BCUT2D eigenvalue weighted by Crippen LogP contribution is -2.41. The topological polar surface area (TPSA) is 142 Å². The lowest BCUT2D eigenvalue weighted by atomic mass is 9.49. The highest BCUT2D eigenvalue weighted by atomic mass is 79.9. The van der Waals surface area contributed by atoms with Gasteiger partial charge in [-0.25, -0.2) is 16.8 Å². The summed E-state index contributed by atoms with van der Waals surface area (Å²) in [4.78, 5) is 0.494. The number of hydrogen-bond acceptors (Lipinski definition) is 12. The average molecular weight is 831 g/mol. The molecule has 5 rings (SSSR count). The van der Waals surface area contributed by atoms with Crippen LogP contribution >= 0.6 is 15.9 Å². The Morgan fingerprint density at radius 1 is 0.519 bits per heavy atom. The Hall–Kier alpha value is -1.63. The Labute approximate surface area is 320 Å². The van der Waals surface area contributed by atoms with Crippen molar-refractivity contribution in [3.05, 3.63) is 40.9 Å². The minimum absolute atomic E-state index is 0.216. The zero-order valence-corrected chi connectivity index (χ0v) is 36.5. The van der Waals surface area contributed by atoms with Crippen LogP contribution in [0.25, 0.3) is 0 Å². The van der Waals surface area contributed by atoms with E-state index in [0.717, 1.165) is 0 Å². The molecule has 0 saturated carbocycles. The molecule has 0 spiro atoms. The van der Waals surface area contributed by atoms with Crippen molar-refractivity contribution in [3.8, 4) is 11.5 Å². The molecule has 2 aromatic rings. The summed E-state index contributed by atoms with van der Waals surface area (Å²) in [6, 6.07) is 9.34. The van der Waals surface area contributed by atoms with Crippen LogP contribution in [0.5, 0.6) is 11.5 Å². The van der Waals surface area contributed by atoms with Crippen molar-refractivity contribution in [2.24, 2.45) is 0 Å². The zero-order chi connectivity index (χ0) is 40.1. The summed E-state index contributed by atoms with van der Waals surface area (Å²) in [7, 11) is -4.99. The van der Waals surface area contributed by atoms with Crippen molar-refractivity contribution in [2.75, 3.05) is 26.7 Å². The minimum Gasteiger partial charge on any atom is -0.497 e. The first-order valence-electron chi connectivity index (χ1n) is 16.8. The maximum Gasteiger partial charge on any atom is 0.498 e. The number of hydrogen-bond donors (Lipinski definition) is 0. The summed E-state index contributed by atoms with van der Waals surface area (Å²) in [5, 5.41) is 0. The predicted octanol–water partition coefficient (Wildman–Crippen LogP) is 5.51. The van der Waals surface area contributed by atoms with Crippen LogP contribution in [0.1, 0.15) is 83.1 Å². The van der Waals surface area contributed by atoms with Crippen LogP contribution in [0.15, 0.2) is 50.7 Å². The fraction of sp³-hybridized carbons (Fsp3) is 0.647.